The predicted octanol–water partition coefficient (Wildman–Crippen LogP) is 3.99. The fourth-order valence-electron chi connectivity index (χ4n) is 3.67. The minimum atomic E-state index is -0.642. The maximum Gasteiger partial charge on any atom is 0.342 e. The standard InChI is InChI=1S/C21H25ClN2O4/c1-12-8-13(2)23-20(22)19(12)21(26)28-11-18(25)17-9-14(3)24(15(17)4)10-16-6-5-7-27-16/h8-9,16H,5-7,10-11H2,1-4H3/t16-/m0/s1. The van der Waals surface area contributed by atoms with Gasteiger partial charge in [-0.1, -0.05) is 11.6 Å². The first-order valence-electron chi connectivity index (χ1n) is 9.40. The zero-order valence-electron chi connectivity index (χ0n) is 16.7. The van der Waals surface area contributed by atoms with E-state index in [1.54, 1.807) is 19.9 Å². The molecule has 0 N–H and O–H groups in total. The molecule has 0 radical (unpaired) electrons. The molecule has 150 valence electrons. The van der Waals surface area contributed by atoms with Gasteiger partial charge in [0.1, 0.15) is 5.15 Å². The molecule has 3 rings (SSSR count). The number of Topliss-reactive ketones (excluding diaryl/α,β-unsaturated/α-hetero) is 1. The first-order valence-corrected chi connectivity index (χ1v) is 9.78. The molecule has 0 aliphatic carbocycles. The van der Waals surface area contributed by atoms with Crippen LogP contribution in [-0.4, -0.2) is 40.6 Å². The first-order chi connectivity index (χ1) is 13.3. The molecular formula is C21H25ClN2O4. The molecule has 2 aromatic rings. The van der Waals surface area contributed by atoms with Crippen LogP contribution in [0.3, 0.4) is 0 Å². The van der Waals surface area contributed by atoms with Gasteiger partial charge in [-0.15, -0.1) is 0 Å². The molecule has 1 aliphatic rings. The number of ketones is 1. The maximum atomic E-state index is 12.7. The van der Waals surface area contributed by atoms with E-state index in [4.69, 9.17) is 21.1 Å². The van der Waals surface area contributed by atoms with E-state index in [0.29, 0.717) is 16.8 Å². The van der Waals surface area contributed by atoms with Crippen molar-refractivity contribution in [3.63, 3.8) is 0 Å². The molecule has 0 aromatic carbocycles. The molecular weight excluding hydrogens is 380 g/mol. The summed E-state index contributed by atoms with van der Waals surface area (Å²) in [7, 11) is 0. The molecule has 1 atom stereocenters. The number of carbonyl (C=O) groups excluding carboxylic acids is 2. The molecule has 0 amide bonds. The highest BCUT2D eigenvalue weighted by atomic mass is 35.5. The van der Waals surface area contributed by atoms with Crippen LogP contribution < -0.4 is 0 Å². The summed E-state index contributed by atoms with van der Waals surface area (Å²) >= 11 is 6.08. The Labute approximate surface area is 169 Å². The second-order valence-electron chi connectivity index (χ2n) is 7.28. The van der Waals surface area contributed by atoms with Gasteiger partial charge in [0, 0.05) is 35.8 Å². The van der Waals surface area contributed by atoms with Crippen LogP contribution in [0.5, 0.6) is 0 Å². The second kappa shape index (κ2) is 8.45. The third-order valence-corrected chi connectivity index (χ3v) is 5.40. The Morgan fingerprint density at radius 2 is 2.04 bits per heavy atom. The van der Waals surface area contributed by atoms with Crippen molar-refractivity contribution in [1.29, 1.82) is 0 Å². The lowest BCUT2D eigenvalue weighted by atomic mass is 10.1. The van der Waals surface area contributed by atoms with Gasteiger partial charge in [0.25, 0.3) is 0 Å². The van der Waals surface area contributed by atoms with Crippen molar-refractivity contribution in [3.05, 3.63) is 51.1 Å². The number of hydrogen-bond donors (Lipinski definition) is 0. The Morgan fingerprint density at radius 1 is 1.29 bits per heavy atom. The van der Waals surface area contributed by atoms with Crippen molar-refractivity contribution >= 4 is 23.4 Å². The third kappa shape index (κ3) is 4.28. The zero-order valence-corrected chi connectivity index (χ0v) is 17.4. The third-order valence-electron chi connectivity index (χ3n) is 5.12. The average Bonchev–Trinajstić information content (AvgIpc) is 3.22. The summed E-state index contributed by atoms with van der Waals surface area (Å²) in [6, 6.07) is 3.59. The molecule has 0 spiro atoms. The lowest BCUT2D eigenvalue weighted by Crippen LogP contribution is -2.18. The van der Waals surface area contributed by atoms with E-state index in [-0.39, 0.29) is 29.2 Å². The second-order valence-corrected chi connectivity index (χ2v) is 7.63. The summed E-state index contributed by atoms with van der Waals surface area (Å²) in [5.74, 6) is -0.884. The van der Waals surface area contributed by atoms with E-state index in [0.717, 1.165) is 37.4 Å². The van der Waals surface area contributed by atoms with Gasteiger partial charge in [-0.05, 0) is 58.2 Å². The van der Waals surface area contributed by atoms with E-state index in [1.165, 1.54) is 0 Å². The summed E-state index contributed by atoms with van der Waals surface area (Å²) < 4.78 is 13.0. The van der Waals surface area contributed by atoms with Gasteiger partial charge in [-0.2, -0.15) is 0 Å². The van der Waals surface area contributed by atoms with E-state index in [1.807, 2.05) is 19.9 Å². The summed E-state index contributed by atoms with van der Waals surface area (Å²) in [5, 5.41) is 0.0877. The molecule has 7 heteroatoms. The molecule has 0 unspecified atom stereocenters. The highest BCUT2D eigenvalue weighted by Crippen LogP contribution is 2.22. The summed E-state index contributed by atoms with van der Waals surface area (Å²) in [6.45, 7) is 8.61. The normalized spacial score (nSPS) is 16.4. The highest BCUT2D eigenvalue weighted by molar-refractivity contribution is 6.32. The van der Waals surface area contributed by atoms with Gasteiger partial charge in [0.2, 0.25) is 5.78 Å². The molecule has 6 nitrogen and oxygen atoms in total. The molecule has 2 aromatic heterocycles. The van der Waals surface area contributed by atoms with Crippen molar-refractivity contribution in [3.8, 4) is 0 Å². The number of carbonyl (C=O) groups is 2. The fourth-order valence-corrected chi connectivity index (χ4v) is 4.03. The van der Waals surface area contributed by atoms with Gasteiger partial charge in [0.05, 0.1) is 11.7 Å². The number of aryl methyl sites for hydroxylation is 3. The number of nitrogens with zero attached hydrogens (tertiary/aromatic N) is 2. The van der Waals surface area contributed by atoms with Crippen LogP contribution in [0.25, 0.3) is 0 Å². The van der Waals surface area contributed by atoms with Crippen molar-refractivity contribution < 1.29 is 19.1 Å². The number of aromatic nitrogens is 2. The van der Waals surface area contributed by atoms with Gasteiger partial charge in [-0.25, -0.2) is 9.78 Å². The Hall–Kier alpha value is -2.18. The molecule has 1 saturated heterocycles. The molecule has 28 heavy (non-hydrogen) atoms. The van der Waals surface area contributed by atoms with Crippen LogP contribution in [0, 0.1) is 27.7 Å². The van der Waals surface area contributed by atoms with Crippen molar-refractivity contribution in [2.45, 2.75) is 53.2 Å². The number of ether oxygens (including phenoxy) is 2. The Bertz CT molecular complexity index is 890. The molecule has 0 saturated carbocycles. The summed E-state index contributed by atoms with van der Waals surface area (Å²) in [6.07, 6.45) is 2.29. The van der Waals surface area contributed by atoms with Crippen LogP contribution in [0.2, 0.25) is 5.15 Å². The van der Waals surface area contributed by atoms with E-state index >= 15 is 0 Å². The van der Waals surface area contributed by atoms with E-state index in [2.05, 4.69) is 9.55 Å². The number of halogens is 1. The van der Waals surface area contributed by atoms with Crippen LogP contribution in [0.15, 0.2) is 12.1 Å². The van der Waals surface area contributed by atoms with Gasteiger partial charge < -0.3 is 14.0 Å². The van der Waals surface area contributed by atoms with E-state index in [9.17, 15) is 9.59 Å². The Balaban J connectivity index is 1.69. The predicted molar refractivity (Wildman–Crippen MR) is 106 cm³/mol. The zero-order chi connectivity index (χ0) is 20.4. The van der Waals surface area contributed by atoms with Crippen molar-refractivity contribution in [1.82, 2.24) is 9.55 Å². The van der Waals surface area contributed by atoms with Crippen LogP contribution in [0.1, 0.15) is 56.2 Å². The maximum absolute atomic E-state index is 12.7. The molecule has 1 aliphatic heterocycles. The number of esters is 1. The monoisotopic (exact) mass is 404 g/mol. The first kappa shape index (κ1) is 20.6. The molecule has 0 bridgehead atoms. The Morgan fingerprint density at radius 3 is 2.68 bits per heavy atom. The quantitative estimate of drug-likeness (QED) is 0.413. The van der Waals surface area contributed by atoms with Crippen molar-refractivity contribution in [2.24, 2.45) is 0 Å². The van der Waals surface area contributed by atoms with Crippen LogP contribution in [-0.2, 0) is 16.0 Å². The van der Waals surface area contributed by atoms with Crippen LogP contribution in [0.4, 0.5) is 0 Å². The largest absolute Gasteiger partial charge is 0.454 e. The lowest BCUT2D eigenvalue weighted by molar-refractivity contribution is 0.0473. The summed E-state index contributed by atoms with van der Waals surface area (Å²) in [4.78, 5) is 29.1. The van der Waals surface area contributed by atoms with Gasteiger partial charge in [-0.3, -0.25) is 4.79 Å². The number of hydrogen-bond acceptors (Lipinski definition) is 5. The minimum absolute atomic E-state index is 0.0877. The number of pyridine rings is 1. The lowest BCUT2D eigenvalue weighted by Gasteiger charge is -2.14. The summed E-state index contributed by atoms with van der Waals surface area (Å²) in [5.41, 5.74) is 4.00. The molecule has 3 heterocycles. The van der Waals surface area contributed by atoms with Gasteiger partial charge >= 0.3 is 5.97 Å². The SMILES string of the molecule is Cc1cc(C)c(C(=O)OCC(=O)c2cc(C)n(C[C@@H]3CCCO3)c2C)c(Cl)n1. The number of rotatable bonds is 6. The topological polar surface area (TPSA) is 70.4 Å². The fraction of sp³-hybridized carbons (Fsp3) is 0.476. The smallest absolute Gasteiger partial charge is 0.342 e. The average molecular weight is 405 g/mol. The van der Waals surface area contributed by atoms with Crippen LogP contribution >= 0.6 is 11.6 Å². The van der Waals surface area contributed by atoms with Crippen molar-refractivity contribution in [2.75, 3.05) is 13.2 Å². The van der Waals surface area contributed by atoms with E-state index < -0.39 is 5.97 Å². The van der Waals surface area contributed by atoms with Gasteiger partial charge in [0.15, 0.2) is 6.61 Å². The Kier molecular flexibility index (Phi) is 6.20. The molecule has 1 fully saturated rings. The minimum Gasteiger partial charge on any atom is -0.454 e. The highest BCUT2D eigenvalue weighted by Gasteiger charge is 2.23.